The number of fused-ring (bicyclic) bond motifs is 1. The lowest BCUT2D eigenvalue weighted by Crippen LogP contribution is -2.38. The Morgan fingerprint density at radius 1 is 1.16 bits per heavy atom. The van der Waals surface area contributed by atoms with Gasteiger partial charge < -0.3 is 15.0 Å². The Kier molecular flexibility index (Phi) is 5.71. The van der Waals surface area contributed by atoms with Crippen LogP contribution in [0.15, 0.2) is 42.5 Å². The zero-order valence-electron chi connectivity index (χ0n) is 13.8. The molecule has 1 heterocycles. The topological polar surface area (TPSA) is 66.5 Å². The molecule has 2 amide bonds. The highest BCUT2D eigenvalue weighted by Gasteiger charge is 2.28. The lowest BCUT2D eigenvalue weighted by molar-refractivity contribution is -0.135. The first-order chi connectivity index (χ1) is 12.2. The van der Waals surface area contributed by atoms with Crippen molar-refractivity contribution < 1.29 is 14.4 Å². The molecule has 2 aromatic rings. The molecule has 0 aromatic heterocycles. The van der Waals surface area contributed by atoms with Crippen molar-refractivity contribution >= 4 is 40.6 Å². The van der Waals surface area contributed by atoms with Crippen LogP contribution in [0, 0.1) is 0 Å². The monoisotopic (exact) mass is 356 g/mol. The van der Waals surface area contributed by atoms with Crippen molar-refractivity contribution in [1.82, 2.24) is 10.2 Å². The molecule has 0 aliphatic carbocycles. The number of carbonyl (C=O) groups is 3. The summed E-state index contributed by atoms with van der Waals surface area (Å²) in [6, 6.07) is 13.8. The van der Waals surface area contributed by atoms with Gasteiger partial charge in [0.1, 0.15) is 6.29 Å². The lowest BCUT2D eigenvalue weighted by Gasteiger charge is -2.19. The van der Waals surface area contributed by atoms with Crippen LogP contribution >= 0.6 is 11.8 Å². The third kappa shape index (κ3) is 4.39. The van der Waals surface area contributed by atoms with E-state index in [1.165, 1.54) is 0 Å². The van der Waals surface area contributed by atoms with Crippen LogP contribution in [0.2, 0.25) is 0 Å². The van der Waals surface area contributed by atoms with E-state index in [2.05, 4.69) is 11.4 Å². The van der Waals surface area contributed by atoms with Crippen LogP contribution in [-0.2, 0) is 20.9 Å². The summed E-state index contributed by atoms with van der Waals surface area (Å²) in [5.41, 5.74) is 1.02. The lowest BCUT2D eigenvalue weighted by atomic mass is 10.1. The molecule has 0 unspecified atom stereocenters. The van der Waals surface area contributed by atoms with Crippen molar-refractivity contribution in [3.05, 3.63) is 48.0 Å². The van der Waals surface area contributed by atoms with E-state index >= 15 is 0 Å². The van der Waals surface area contributed by atoms with Gasteiger partial charge in [-0.15, -0.1) is 11.8 Å². The van der Waals surface area contributed by atoms with Gasteiger partial charge in [0.05, 0.1) is 11.9 Å². The van der Waals surface area contributed by atoms with E-state index in [0.717, 1.165) is 22.6 Å². The molecule has 2 aromatic carbocycles. The summed E-state index contributed by atoms with van der Waals surface area (Å²) < 4.78 is 0. The summed E-state index contributed by atoms with van der Waals surface area (Å²) in [6.45, 7) is 0.439. The van der Waals surface area contributed by atoms with Crippen molar-refractivity contribution in [3.8, 4) is 0 Å². The minimum absolute atomic E-state index is 0.133. The maximum Gasteiger partial charge on any atom is 0.224 e. The van der Waals surface area contributed by atoms with Crippen molar-refractivity contribution in [3.63, 3.8) is 0 Å². The second-order valence-electron chi connectivity index (χ2n) is 6.03. The molecule has 1 N–H and O–H groups in total. The van der Waals surface area contributed by atoms with Crippen LogP contribution < -0.4 is 5.32 Å². The Hall–Kier alpha value is -2.34. The number of amides is 2. The summed E-state index contributed by atoms with van der Waals surface area (Å²) >= 11 is 1.56. The minimum Gasteiger partial charge on any atom is -0.352 e. The number of hydrogen-bond donors (Lipinski definition) is 1. The molecule has 1 fully saturated rings. The van der Waals surface area contributed by atoms with Gasteiger partial charge in [0, 0.05) is 25.1 Å². The van der Waals surface area contributed by atoms with Crippen molar-refractivity contribution in [1.29, 1.82) is 0 Å². The Bertz CT molecular complexity index is 793. The van der Waals surface area contributed by atoms with E-state index < -0.39 is 0 Å². The molecule has 3 rings (SSSR count). The fourth-order valence-corrected chi connectivity index (χ4v) is 3.97. The van der Waals surface area contributed by atoms with Gasteiger partial charge in [0.2, 0.25) is 11.8 Å². The van der Waals surface area contributed by atoms with E-state index in [4.69, 9.17) is 0 Å². The summed E-state index contributed by atoms with van der Waals surface area (Å²) in [4.78, 5) is 36.6. The fraction of sp³-hybridized carbons (Fsp3) is 0.316. The van der Waals surface area contributed by atoms with E-state index in [1.54, 1.807) is 16.7 Å². The Morgan fingerprint density at radius 3 is 2.76 bits per heavy atom. The van der Waals surface area contributed by atoms with Crippen LogP contribution in [0.1, 0.15) is 18.4 Å². The van der Waals surface area contributed by atoms with Gasteiger partial charge in [-0.25, -0.2) is 0 Å². The standard InChI is InChI=1S/C19H20N2O3S/c22-11-17-12-25-13-21(17)19(24)8-7-18(23)20-10-14-5-6-15-3-1-2-4-16(15)9-14/h1-6,9,11,17H,7-8,10,12-13H2,(H,20,23)/t17-/m1/s1. The van der Waals surface area contributed by atoms with Crippen LogP contribution in [0.25, 0.3) is 10.8 Å². The highest BCUT2D eigenvalue weighted by molar-refractivity contribution is 7.99. The molecule has 1 saturated heterocycles. The quantitative estimate of drug-likeness (QED) is 0.807. The van der Waals surface area contributed by atoms with E-state index in [-0.39, 0.29) is 30.7 Å². The largest absolute Gasteiger partial charge is 0.352 e. The van der Waals surface area contributed by atoms with Gasteiger partial charge >= 0.3 is 0 Å². The number of benzene rings is 2. The summed E-state index contributed by atoms with van der Waals surface area (Å²) in [7, 11) is 0. The number of aldehydes is 1. The van der Waals surface area contributed by atoms with E-state index in [1.807, 2.05) is 36.4 Å². The average Bonchev–Trinajstić information content (AvgIpc) is 3.13. The van der Waals surface area contributed by atoms with Gasteiger partial charge in [-0.3, -0.25) is 9.59 Å². The minimum atomic E-state index is -0.349. The second-order valence-corrected chi connectivity index (χ2v) is 7.02. The molecule has 130 valence electrons. The zero-order chi connectivity index (χ0) is 17.6. The van der Waals surface area contributed by atoms with Gasteiger partial charge in [-0.2, -0.15) is 0 Å². The number of hydrogen-bond acceptors (Lipinski definition) is 4. The summed E-state index contributed by atoms with van der Waals surface area (Å²) in [5, 5.41) is 5.15. The predicted octanol–water partition coefficient (Wildman–Crippen LogP) is 2.34. The van der Waals surface area contributed by atoms with Crippen LogP contribution in [-0.4, -0.2) is 40.7 Å². The third-order valence-corrected chi connectivity index (χ3v) is 5.30. The number of rotatable bonds is 6. The first kappa shape index (κ1) is 17.5. The van der Waals surface area contributed by atoms with Gasteiger partial charge in [-0.1, -0.05) is 36.4 Å². The Morgan fingerprint density at radius 2 is 1.96 bits per heavy atom. The molecule has 0 radical (unpaired) electrons. The highest BCUT2D eigenvalue weighted by Crippen LogP contribution is 2.20. The van der Waals surface area contributed by atoms with Crippen molar-refractivity contribution in [2.24, 2.45) is 0 Å². The third-order valence-electron chi connectivity index (χ3n) is 4.27. The predicted molar refractivity (Wildman–Crippen MR) is 99.1 cm³/mol. The SMILES string of the molecule is O=C[C@@H]1CSCN1C(=O)CCC(=O)NCc1ccc2ccccc2c1. The van der Waals surface area contributed by atoms with Crippen LogP contribution in [0.4, 0.5) is 0 Å². The Labute approximate surface area is 150 Å². The van der Waals surface area contributed by atoms with Crippen LogP contribution in [0.3, 0.4) is 0 Å². The number of thioether (sulfide) groups is 1. The normalized spacial score (nSPS) is 16.8. The van der Waals surface area contributed by atoms with Crippen molar-refractivity contribution in [2.45, 2.75) is 25.4 Å². The molecule has 0 saturated carbocycles. The van der Waals surface area contributed by atoms with E-state index in [9.17, 15) is 14.4 Å². The first-order valence-corrected chi connectivity index (χ1v) is 9.40. The summed E-state index contributed by atoms with van der Waals surface area (Å²) in [6.07, 6.45) is 1.07. The van der Waals surface area contributed by atoms with Crippen molar-refractivity contribution in [2.75, 3.05) is 11.6 Å². The molecule has 6 heteroatoms. The Balaban J connectivity index is 1.47. The molecule has 25 heavy (non-hydrogen) atoms. The average molecular weight is 356 g/mol. The molecule has 0 spiro atoms. The molecule has 5 nitrogen and oxygen atoms in total. The maximum absolute atomic E-state index is 12.1. The number of nitrogens with zero attached hydrogens (tertiary/aromatic N) is 1. The smallest absolute Gasteiger partial charge is 0.224 e. The molecular weight excluding hydrogens is 336 g/mol. The number of carbonyl (C=O) groups excluding carboxylic acids is 3. The molecule has 0 bridgehead atoms. The summed E-state index contributed by atoms with van der Waals surface area (Å²) in [5.74, 6) is 0.878. The second kappa shape index (κ2) is 8.16. The maximum atomic E-state index is 12.1. The molecule has 1 aliphatic heterocycles. The van der Waals surface area contributed by atoms with Crippen LogP contribution in [0.5, 0.6) is 0 Å². The zero-order valence-corrected chi connectivity index (χ0v) is 14.6. The number of nitrogens with one attached hydrogen (secondary N) is 1. The molecular formula is C19H20N2O3S. The van der Waals surface area contributed by atoms with Gasteiger partial charge in [-0.05, 0) is 22.4 Å². The fourth-order valence-electron chi connectivity index (χ4n) is 2.83. The molecule has 1 atom stereocenters. The first-order valence-electron chi connectivity index (χ1n) is 8.24. The highest BCUT2D eigenvalue weighted by atomic mass is 32.2. The van der Waals surface area contributed by atoms with E-state index in [0.29, 0.717) is 18.2 Å². The van der Waals surface area contributed by atoms with Gasteiger partial charge in [0.25, 0.3) is 0 Å². The van der Waals surface area contributed by atoms with Gasteiger partial charge in [0.15, 0.2) is 0 Å². The molecule has 1 aliphatic rings.